The van der Waals surface area contributed by atoms with E-state index in [9.17, 15) is 4.79 Å². The minimum atomic E-state index is -0.0200. The van der Waals surface area contributed by atoms with Gasteiger partial charge in [0.2, 0.25) is 5.91 Å². The zero-order chi connectivity index (χ0) is 11.5. The van der Waals surface area contributed by atoms with Crippen LogP contribution in [-0.4, -0.2) is 29.9 Å². The number of carbonyl (C=O) groups excluding carboxylic acids is 1. The molecule has 0 aliphatic carbocycles. The lowest BCUT2D eigenvalue weighted by Crippen LogP contribution is -2.53. The standard InChI is InChI=1S/C13H18N2O/c1-10-5-3-4-6-12(10)9-15-8-7-14-13(16)11(15)2/h3-6,11H,7-9H2,1-2H3,(H,14,16)/t11-/m1/s1. The first-order valence-corrected chi connectivity index (χ1v) is 5.75. The summed E-state index contributed by atoms with van der Waals surface area (Å²) < 4.78 is 0. The van der Waals surface area contributed by atoms with Crippen LogP contribution in [0.15, 0.2) is 24.3 Å². The molecule has 1 N–H and O–H groups in total. The molecule has 1 fully saturated rings. The van der Waals surface area contributed by atoms with Crippen LogP contribution in [0.3, 0.4) is 0 Å². The van der Waals surface area contributed by atoms with Crippen LogP contribution in [0.2, 0.25) is 0 Å². The molecule has 0 bridgehead atoms. The molecule has 1 aliphatic heterocycles. The normalized spacial score (nSPS) is 21.9. The van der Waals surface area contributed by atoms with Crippen LogP contribution < -0.4 is 5.32 Å². The molecule has 2 rings (SSSR count). The molecular weight excluding hydrogens is 200 g/mol. The lowest BCUT2D eigenvalue weighted by molar-refractivity contribution is -0.128. The lowest BCUT2D eigenvalue weighted by atomic mass is 10.1. The zero-order valence-electron chi connectivity index (χ0n) is 9.86. The molecule has 1 aromatic rings. The first-order chi connectivity index (χ1) is 7.68. The lowest BCUT2D eigenvalue weighted by Gasteiger charge is -2.33. The highest BCUT2D eigenvalue weighted by molar-refractivity contribution is 5.81. The second-order valence-corrected chi connectivity index (χ2v) is 4.36. The van der Waals surface area contributed by atoms with Crippen molar-refractivity contribution in [1.29, 1.82) is 0 Å². The Bertz CT molecular complexity index is 389. The molecular formula is C13H18N2O. The van der Waals surface area contributed by atoms with E-state index in [0.717, 1.165) is 19.6 Å². The summed E-state index contributed by atoms with van der Waals surface area (Å²) in [6, 6.07) is 8.33. The van der Waals surface area contributed by atoms with Crippen molar-refractivity contribution in [1.82, 2.24) is 10.2 Å². The smallest absolute Gasteiger partial charge is 0.237 e. The van der Waals surface area contributed by atoms with Crippen LogP contribution >= 0.6 is 0 Å². The van der Waals surface area contributed by atoms with Crippen molar-refractivity contribution in [2.24, 2.45) is 0 Å². The first kappa shape index (κ1) is 11.1. The summed E-state index contributed by atoms with van der Waals surface area (Å²) in [7, 11) is 0. The van der Waals surface area contributed by atoms with E-state index in [1.165, 1.54) is 11.1 Å². The van der Waals surface area contributed by atoms with Gasteiger partial charge in [-0.1, -0.05) is 24.3 Å². The highest BCUT2D eigenvalue weighted by Gasteiger charge is 2.25. The summed E-state index contributed by atoms with van der Waals surface area (Å²) in [5, 5.41) is 2.88. The average Bonchev–Trinajstić information content (AvgIpc) is 2.28. The highest BCUT2D eigenvalue weighted by Crippen LogP contribution is 2.13. The molecule has 1 aromatic carbocycles. The van der Waals surface area contributed by atoms with Gasteiger partial charge in [0.05, 0.1) is 6.04 Å². The Kier molecular flexibility index (Phi) is 3.25. The number of amides is 1. The van der Waals surface area contributed by atoms with E-state index in [-0.39, 0.29) is 11.9 Å². The number of carbonyl (C=O) groups is 1. The molecule has 0 spiro atoms. The number of hydrogen-bond donors (Lipinski definition) is 1. The van der Waals surface area contributed by atoms with Gasteiger partial charge in [-0.15, -0.1) is 0 Å². The number of nitrogens with one attached hydrogen (secondary N) is 1. The van der Waals surface area contributed by atoms with E-state index in [2.05, 4.69) is 35.3 Å². The molecule has 1 heterocycles. The highest BCUT2D eigenvalue weighted by atomic mass is 16.2. The maximum atomic E-state index is 11.5. The van der Waals surface area contributed by atoms with E-state index in [1.54, 1.807) is 0 Å². The summed E-state index contributed by atoms with van der Waals surface area (Å²) in [5.74, 6) is 0.139. The van der Waals surface area contributed by atoms with Crippen LogP contribution in [0, 0.1) is 6.92 Å². The molecule has 1 amide bonds. The monoisotopic (exact) mass is 218 g/mol. The second-order valence-electron chi connectivity index (χ2n) is 4.36. The van der Waals surface area contributed by atoms with Crippen LogP contribution in [-0.2, 0) is 11.3 Å². The van der Waals surface area contributed by atoms with Crippen molar-refractivity contribution < 1.29 is 4.79 Å². The van der Waals surface area contributed by atoms with Gasteiger partial charge in [0, 0.05) is 19.6 Å². The third-order valence-corrected chi connectivity index (χ3v) is 3.26. The van der Waals surface area contributed by atoms with Crippen molar-refractivity contribution in [3.8, 4) is 0 Å². The van der Waals surface area contributed by atoms with Gasteiger partial charge in [0.25, 0.3) is 0 Å². The fourth-order valence-corrected chi connectivity index (χ4v) is 2.05. The van der Waals surface area contributed by atoms with Gasteiger partial charge in [-0.25, -0.2) is 0 Å². The Balaban J connectivity index is 2.09. The molecule has 0 saturated carbocycles. The van der Waals surface area contributed by atoms with E-state index < -0.39 is 0 Å². The number of aryl methyl sites for hydroxylation is 1. The topological polar surface area (TPSA) is 32.3 Å². The number of hydrogen-bond acceptors (Lipinski definition) is 2. The molecule has 86 valence electrons. The summed E-state index contributed by atoms with van der Waals surface area (Å²) in [6.07, 6.45) is 0. The third-order valence-electron chi connectivity index (χ3n) is 3.26. The van der Waals surface area contributed by atoms with E-state index >= 15 is 0 Å². The zero-order valence-corrected chi connectivity index (χ0v) is 9.86. The van der Waals surface area contributed by atoms with Crippen molar-refractivity contribution in [3.05, 3.63) is 35.4 Å². The molecule has 1 saturated heterocycles. The Morgan fingerprint density at radius 3 is 2.94 bits per heavy atom. The fraction of sp³-hybridized carbons (Fsp3) is 0.462. The van der Waals surface area contributed by atoms with E-state index in [4.69, 9.17) is 0 Å². The fourth-order valence-electron chi connectivity index (χ4n) is 2.05. The Hall–Kier alpha value is -1.35. The Morgan fingerprint density at radius 1 is 1.44 bits per heavy atom. The Morgan fingerprint density at radius 2 is 2.19 bits per heavy atom. The average molecular weight is 218 g/mol. The van der Waals surface area contributed by atoms with E-state index in [0.29, 0.717) is 0 Å². The van der Waals surface area contributed by atoms with Gasteiger partial charge < -0.3 is 5.32 Å². The predicted molar refractivity (Wildman–Crippen MR) is 64.1 cm³/mol. The molecule has 16 heavy (non-hydrogen) atoms. The summed E-state index contributed by atoms with van der Waals surface area (Å²) in [6.45, 7) is 6.63. The number of nitrogens with zero attached hydrogens (tertiary/aromatic N) is 1. The molecule has 3 nitrogen and oxygen atoms in total. The molecule has 0 radical (unpaired) electrons. The van der Waals surface area contributed by atoms with Crippen molar-refractivity contribution in [3.63, 3.8) is 0 Å². The van der Waals surface area contributed by atoms with Crippen LogP contribution in [0.5, 0.6) is 0 Å². The summed E-state index contributed by atoms with van der Waals surface area (Å²) in [4.78, 5) is 13.8. The molecule has 1 aliphatic rings. The minimum Gasteiger partial charge on any atom is -0.353 e. The summed E-state index contributed by atoms with van der Waals surface area (Å²) >= 11 is 0. The third kappa shape index (κ3) is 2.25. The molecule has 3 heteroatoms. The summed E-state index contributed by atoms with van der Waals surface area (Å²) in [5.41, 5.74) is 2.60. The van der Waals surface area contributed by atoms with Gasteiger partial charge in [0.1, 0.15) is 0 Å². The second kappa shape index (κ2) is 4.66. The largest absolute Gasteiger partial charge is 0.353 e. The van der Waals surface area contributed by atoms with Crippen molar-refractivity contribution in [2.45, 2.75) is 26.4 Å². The number of piperazine rings is 1. The first-order valence-electron chi connectivity index (χ1n) is 5.75. The Labute approximate surface area is 96.5 Å². The SMILES string of the molecule is Cc1ccccc1CN1CCNC(=O)[C@H]1C. The minimum absolute atomic E-state index is 0.0200. The molecule has 1 atom stereocenters. The maximum absolute atomic E-state index is 11.5. The predicted octanol–water partition coefficient (Wildman–Crippen LogP) is 1.32. The quantitative estimate of drug-likeness (QED) is 0.812. The van der Waals surface area contributed by atoms with Gasteiger partial charge in [-0.2, -0.15) is 0 Å². The molecule has 0 aromatic heterocycles. The number of benzene rings is 1. The van der Waals surface area contributed by atoms with Crippen LogP contribution in [0.25, 0.3) is 0 Å². The van der Waals surface area contributed by atoms with Crippen molar-refractivity contribution in [2.75, 3.05) is 13.1 Å². The van der Waals surface area contributed by atoms with Gasteiger partial charge in [-0.3, -0.25) is 9.69 Å². The van der Waals surface area contributed by atoms with Gasteiger partial charge in [-0.05, 0) is 25.0 Å². The van der Waals surface area contributed by atoms with Gasteiger partial charge in [0.15, 0.2) is 0 Å². The van der Waals surface area contributed by atoms with Crippen molar-refractivity contribution >= 4 is 5.91 Å². The number of rotatable bonds is 2. The van der Waals surface area contributed by atoms with E-state index in [1.807, 2.05) is 13.0 Å². The molecule has 0 unspecified atom stereocenters. The van der Waals surface area contributed by atoms with Crippen LogP contribution in [0.1, 0.15) is 18.1 Å². The van der Waals surface area contributed by atoms with Crippen LogP contribution in [0.4, 0.5) is 0 Å². The maximum Gasteiger partial charge on any atom is 0.237 e. The van der Waals surface area contributed by atoms with Gasteiger partial charge >= 0.3 is 0 Å².